The van der Waals surface area contributed by atoms with Crippen LogP contribution in [0.5, 0.6) is 0 Å². The predicted octanol–water partition coefficient (Wildman–Crippen LogP) is 3.08. The molecule has 2 rings (SSSR count). The summed E-state index contributed by atoms with van der Waals surface area (Å²) < 4.78 is 0. The van der Waals surface area contributed by atoms with Crippen LogP contribution in [-0.2, 0) is 4.79 Å². The lowest BCUT2D eigenvalue weighted by molar-refractivity contribution is -0.127. The lowest BCUT2D eigenvalue weighted by Crippen LogP contribution is -2.26. The molecule has 0 fully saturated rings. The number of hydrogen-bond donors (Lipinski definition) is 0. The SMILES string of the molecule is CC(=O)N(C)CCC(c1ccccc1)c1ccccn1. The van der Waals surface area contributed by atoms with Crippen LogP contribution in [-0.4, -0.2) is 29.4 Å². The number of rotatable bonds is 5. The van der Waals surface area contributed by atoms with E-state index in [1.807, 2.05) is 49.6 Å². The van der Waals surface area contributed by atoms with Crippen molar-refractivity contribution in [1.82, 2.24) is 9.88 Å². The Balaban J connectivity index is 2.19. The first kappa shape index (κ1) is 14.3. The average molecular weight is 268 g/mol. The maximum Gasteiger partial charge on any atom is 0.219 e. The van der Waals surface area contributed by atoms with Crippen LogP contribution >= 0.6 is 0 Å². The van der Waals surface area contributed by atoms with Gasteiger partial charge in [-0.25, -0.2) is 0 Å². The normalized spacial score (nSPS) is 11.9. The van der Waals surface area contributed by atoms with E-state index in [2.05, 4.69) is 17.1 Å². The van der Waals surface area contributed by atoms with Gasteiger partial charge in [0.15, 0.2) is 0 Å². The highest BCUT2D eigenvalue weighted by atomic mass is 16.2. The fourth-order valence-corrected chi connectivity index (χ4v) is 2.23. The van der Waals surface area contributed by atoms with E-state index >= 15 is 0 Å². The Morgan fingerprint density at radius 1 is 1.15 bits per heavy atom. The van der Waals surface area contributed by atoms with Gasteiger partial charge in [-0.2, -0.15) is 0 Å². The zero-order chi connectivity index (χ0) is 14.4. The van der Waals surface area contributed by atoms with Crippen LogP contribution in [0, 0.1) is 0 Å². The maximum atomic E-state index is 11.3. The molecular formula is C17H20N2O. The van der Waals surface area contributed by atoms with Gasteiger partial charge in [-0.3, -0.25) is 9.78 Å². The Morgan fingerprint density at radius 3 is 2.45 bits per heavy atom. The van der Waals surface area contributed by atoms with E-state index in [0.717, 1.165) is 18.7 Å². The highest BCUT2D eigenvalue weighted by molar-refractivity contribution is 5.72. The molecule has 1 heterocycles. The molecule has 3 heteroatoms. The minimum absolute atomic E-state index is 0.0952. The first-order valence-electron chi connectivity index (χ1n) is 6.86. The van der Waals surface area contributed by atoms with Crippen molar-refractivity contribution in [3.8, 4) is 0 Å². The molecule has 1 aromatic carbocycles. The molecule has 0 saturated carbocycles. The Bertz CT molecular complexity index is 500. The van der Waals surface area contributed by atoms with Gasteiger partial charge in [0, 0.05) is 38.3 Å². The Morgan fingerprint density at radius 2 is 1.85 bits per heavy atom. The molecule has 1 amide bonds. The monoisotopic (exact) mass is 268 g/mol. The first-order valence-corrected chi connectivity index (χ1v) is 6.86. The van der Waals surface area contributed by atoms with Gasteiger partial charge in [0.25, 0.3) is 0 Å². The number of carbonyl (C=O) groups is 1. The fourth-order valence-electron chi connectivity index (χ4n) is 2.23. The molecule has 0 aliphatic heterocycles. The average Bonchev–Trinajstić information content (AvgIpc) is 2.49. The molecule has 0 aliphatic carbocycles. The topological polar surface area (TPSA) is 33.2 Å². The minimum atomic E-state index is 0.0952. The van der Waals surface area contributed by atoms with Crippen LogP contribution in [0.3, 0.4) is 0 Å². The molecule has 0 aliphatic rings. The van der Waals surface area contributed by atoms with Gasteiger partial charge in [0.05, 0.1) is 0 Å². The Hall–Kier alpha value is -2.16. The van der Waals surface area contributed by atoms with E-state index in [4.69, 9.17) is 0 Å². The summed E-state index contributed by atoms with van der Waals surface area (Å²) in [5.41, 5.74) is 2.29. The molecule has 3 nitrogen and oxygen atoms in total. The summed E-state index contributed by atoms with van der Waals surface area (Å²) in [4.78, 5) is 17.6. The maximum absolute atomic E-state index is 11.3. The molecular weight excluding hydrogens is 248 g/mol. The van der Waals surface area contributed by atoms with Crippen LogP contribution in [0.15, 0.2) is 54.7 Å². The number of amides is 1. The van der Waals surface area contributed by atoms with Crippen LogP contribution in [0.2, 0.25) is 0 Å². The van der Waals surface area contributed by atoms with Crippen LogP contribution in [0.25, 0.3) is 0 Å². The van der Waals surface area contributed by atoms with Crippen molar-refractivity contribution in [2.45, 2.75) is 19.3 Å². The van der Waals surface area contributed by atoms with E-state index in [-0.39, 0.29) is 11.8 Å². The number of nitrogens with zero attached hydrogens (tertiary/aromatic N) is 2. The molecule has 1 unspecified atom stereocenters. The van der Waals surface area contributed by atoms with Crippen LogP contribution < -0.4 is 0 Å². The third-order valence-corrected chi connectivity index (χ3v) is 3.54. The summed E-state index contributed by atoms with van der Waals surface area (Å²) in [7, 11) is 1.84. The van der Waals surface area contributed by atoms with Gasteiger partial charge >= 0.3 is 0 Å². The van der Waals surface area contributed by atoms with E-state index < -0.39 is 0 Å². The molecule has 0 bridgehead atoms. The van der Waals surface area contributed by atoms with Crippen molar-refractivity contribution in [1.29, 1.82) is 0 Å². The molecule has 1 atom stereocenters. The van der Waals surface area contributed by atoms with Gasteiger partial charge in [-0.05, 0) is 24.1 Å². The van der Waals surface area contributed by atoms with E-state index in [0.29, 0.717) is 0 Å². The predicted molar refractivity (Wildman–Crippen MR) is 80.5 cm³/mol. The smallest absolute Gasteiger partial charge is 0.219 e. The molecule has 1 aromatic heterocycles. The summed E-state index contributed by atoms with van der Waals surface area (Å²) >= 11 is 0. The lowest BCUT2D eigenvalue weighted by atomic mass is 9.92. The number of pyridine rings is 1. The number of aromatic nitrogens is 1. The molecule has 20 heavy (non-hydrogen) atoms. The highest BCUT2D eigenvalue weighted by Crippen LogP contribution is 2.26. The third-order valence-electron chi connectivity index (χ3n) is 3.54. The second-order valence-electron chi connectivity index (χ2n) is 4.95. The summed E-state index contributed by atoms with van der Waals surface area (Å²) in [5.74, 6) is 0.317. The second kappa shape index (κ2) is 6.85. The number of carbonyl (C=O) groups excluding carboxylic acids is 1. The Labute approximate surface area is 120 Å². The van der Waals surface area contributed by atoms with Gasteiger partial charge in [-0.1, -0.05) is 36.4 Å². The molecule has 0 N–H and O–H groups in total. The highest BCUT2D eigenvalue weighted by Gasteiger charge is 2.16. The first-order chi connectivity index (χ1) is 9.68. The van der Waals surface area contributed by atoms with E-state index in [9.17, 15) is 4.79 Å². The van der Waals surface area contributed by atoms with Crippen molar-refractivity contribution < 1.29 is 4.79 Å². The van der Waals surface area contributed by atoms with E-state index in [1.165, 1.54) is 5.56 Å². The minimum Gasteiger partial charge on any atom is -0.346 e. The molecule has 104 valence electrons. The van der Waals surface area contributed by atoms with Crippen molar-refractivity contribution in [2.24, 2.45) is 0 Å². The van der Waals surface area contributed by atoms with Crippen LogP contribution in [0.1, 0.15) is 30.5 Å². The van der Waals surface area contributed by atoms with Gasteiger partial charge in [-0.15, -0.1) is 0 Å². The van der Waals surface area contributed by atoms with Crippen molar-refractivity contribution in [3.05, 3.63) is 66.0 Å². The summed E-state index contributed by atoms with van der Waals surface area (Å²) in [5, 5.41) is 0. The summed E-state index contributed by atoms with van der Waals surface area (Å²) in [6.45, 7) is 2.32. The largest absolute Gasteiger partial charge is 0.346 e. The molecule has 0 spiro atoms. The lowest BCUT2D eigenvalue weighted by Gasteiger charge is -2.21. The molecule has 0 saturated heterocycles. The number of hydrogen-bond acceptors (Lipinski definition) is 2. The number of benzene rings is 1. The standard InChI is InChI=1S/C17H20N2O/c1-14(20)19(2)13-11-16(15-8-4-3-5-9-15)17-10-6-7-12-18-17/h3-10,12,16H,11,13H2,1-2H3. The third kappa shape index (κ3) is 3.67. The second-order valence-corrected chi connectivity index (χ2v) is 4.95. The van der Waals surface area contributed by atoms with Gasteiger partial charge in [0.2, 0.25) is 5.91 Å². The zero-order valence-corrected chi connectivity index (χ0v) is 12.0. The zero-order valence-electron chi connectivity index (χ0n) is 12.0. The summed E-state index contributed by atoms with van der Waals surface area (Å²) in [6, 6.07) is 16.3. The van der Waals surface area contributed by atoms with Crippen molar-refractivity contribution in [3.63, 3.8) is 0 Å². The quantitative estimate of drug-likeness (QED) is 0.835. The van der Waals surface area contributed by atoms with Gasteiger partial charge < -0.3 is 4.90 Å². The Kier molecular flexibility index (Phi) is 4.88. The van der Waals surface area contributed by atoms with Gasteiger partial charge in [0.1, 0.15) is 0 Å². The molecule has 2 aromatic rings. The van der Waals surface area contributed by atoms with Crippen molar-refractivity contribution >= 4 is 5.91 Å². The molecule has 0 radical (unpaired) electrons. The summed E-state index contributed by atoms with van der Waals surface area (Å²) in [6.07, 6.45) is 2.69. The van der Waals surface area contributed by atoms with E-state index in [1.54, 1.807) is 11.8 Å². The fraction of sp³-hybridized carbons (Fsp3) is 0.294. The van der Waals surface area contributed by atoms with Crippen molar-refractivity contribution in [2.75, 3.05) is 13.6 Å². The van der Waals surface area contributed by atoms with Crippen LogP contribution in [0.4, 0.5) is 0 Å².